The number of aryl methyl sites for hydroxylation is 2. The molecule has 0 spiro atoms. The smallest absolute Gasteiger partial charge is 0.269 e. The van der Waals surface area contributed by atoms with Gasteiger partial charge in [-0.05, 0) is 13.3 Å². The maximum Gasteiger partial charge on any atom is 0.269 e. The summed E-state index contributed by atoms with van der Waals surface area (Å²) >= 11 is 2.70. The van der Waals surface area contributed by atoms with E-state index in [2.05, 4.69) is 25.6 Å². The molecule has 1 unspecified atom stereocenters. The lowest BCUT2D eigenvalue weighted by Gasteiger charge is -2.08. The van der Waals surface area contributed by atoms with Gasteiger partial charge < -0.3 is 10.6 Å². The molecular formula is C16H15N5O3S2. The topological polar surface area (TPSA) is 113 Å². The number of aromatic nitrogens is 2. The SMILES string of the molecule is Cc1cnc(NC(=O)CCc2csc(NC(=O)C3C=CC(=O)N=C3)n2)s1. The Hall–Kier alpha value is -2.72. The van der Waals surface area contributed by atoms with Gasteiger partial charge in [0.25, 0.3) is 5.91 Å². The van der Waals surface area contributed by atoms with Gasteiger partial charge in [-0.15, -0.1) is 22.7 Å². The average molecular weight is 389 g/mol. The van der Waals surface area contributed by atoms with Gasteiger partial charge in [0.1, 0.15) is 0 Å². The highest BCUT2D eigenvalue weighted by atomic mass is 32.1. The maximum atomic E-state index is 12.1. The predicted molar refractivity (Wildman–Crippen MR) is 101 cm³/mol. The molecule has 10 heteroatoms. The molecular weight excluding hydrogens is 374 g/mol. The molecule has 2 aromatic heterocycles. The van der Waals surface area contributed by atoms with Crippen LogP contribution < -0.4 is 10.6 Å². The average Bonchev–Trinajstić information content (AvgIpc) is 3.22. The zero-order valence-corrected chi connectivity index (χ0v) is 15.4. The molecule has 0 aromatic carbocycles. The van der Waals surface area contributed by atoms with E-state index in [1.54, 1.807) is 11.6 Å². The largest absolute Gasteiger partial charge is 0.302 e. The number of nitrogens with zero attached hydrogens (tertiary/aromatic N) is 3. The van der Waals surface area contributed by atoms with Crippen LogP contribution in [0.15, 0.2) is 28.7 Å². The van der Waals surface area contributed by atoms with Crippen molar-refractivity contribution in [2.24, 2.45) is 10.9 Å². The molecule has 0 bridgehead atoms. The van der Waals surface area contributed by atoms with Crippen molar-refractivity contribution in [1.29, 1.82) is 0 Å². The number of carbonyl (C=O) groups is 3. The van der Waals surface area contributed by atoms with Gasteiger partial charge in [0.2, 0.25) is 11.8 Å². The minimum atomic E-state index is -0.590. The van der Waals surface area contributed by atoms with Crippen LogP contribution in [0.4, 0.5) is 10.3 Å². The van der Waals surface area contributed by atoms with Crippen LogP contribution in [0.1, 0.15) is 17.0 Å². The number of hydrogen-bond acceptors (Lipinski definition) is 7. The van der Waals surface area contributed by atoms with Crippen LogP contribution >= 0.6 is 22.7 Å². The van der Waals surface area contributed by atoms with Crippen molar-refractivity contribution < 1.29 is 14.4 Å². The van der Waals surface area contributed by atoms with Gasteiger partial charge in [-0.1, -0.05) is 6.08 Å². The van der Waals surface area contributed by atoms with E-state index in [0.29, 0.717) is 16.7 Å². The van der Waals surface area contributed by atoms with Gasteiger partial charge in [-0.3, -0.25) is 14.4 Å². The lowest BCUT2D eigenvalue weighted by atomic mass is 10.1. The zero-order valence-electron chi connectivity index (χ0n) is 13.8. The van der Waals surface area contributed by atoms with E-state index >= 15 is 0 Å². The first kappa shape index (κ1) is 18.1. The molecule has 0 saturated heterocycles. The quantitative estimate of drug-likeness (QED) is 0.786. The lowest BCUT2D eigenvalue weighted by Crippen LogP contribution is -2.24. The van der Waals surface area contributed by atoms with Crippen molar-refractivity contribution in [2.45, 2.75) is 19.8 Å². The zero-order chi connectivity index (χ0) is 18.5. The van der Waals surface area contributed by atoms with Gasteiger partial charge in [-0.25, -0.2) is 15.0 Å². The molecule has 1 aliphatic rings. The van der Waals surface area contributed by atoms with Crippen molar-refractivity contribution in [3.63, 3.8) is 0 Å². The Morgan fingerprint density at radius 2 is 2.12 bits per heavy atom. The molecule has 1 aliphatic heterocycles. The fraction of sp³-hybridized carbons (Fsp3) is 0.250. The van der Waals surface area contributed by atoms with Gasteiger partial charge in [-0.2, -0.15) is 0 Å². The summed E-state index contributed by atoms with van der Waals surface area (Å²) in [5, 5.41) is 8.25. The van der Waals surface area contributed by atoms with E-state index in [9.17, 15) is 14.4 Å². The monoisotopic (exact) mass is 389 g/mol. The first-order valence-corrected chi connectivity index (χ1v) is 9.43. The molecule has 2 aromatic rings. The van der Waals surface area contributed by atoms with Crippen LogP contribution in [-0.4, -0.2) is 33.9 Å². The summed E-state index contributed by atoms with van der Waals surface area (Å²) in [5.41, 5.74) is 0.721. The number of aliphatic imine (C=N–C) groups is 1. The number of carbonyl (C=O) groups excluding carboxylic acids is 3. The first-order chi connectivity index (χ1) is 12.5. The second-order valence-electron chi connectivity index (χ2n) is 5.46. The number of amides is 3. The summed E-state index contributed by atoms with van der Waals surface area (Å²) < 4.78 is 0. The summed E-state index contributed by atoms with van der Waals surface area (Å²) in [4.78, 5) is 48.0. The predicted octanol–water partition coefficient (Wildman–Crippen LogP) is 2.20. The van der Waals surface area contributed by atoms with Crippen LogP contribution in [0.2, 0.25) is 0 Å². The Kier molecular flexibility index (Phi) is 5.64. The molecule has 3 amide bonds. The Labute approximate surface area is 157 Å². The van der Waals surface area contributed by atoms with Gasteiger partial charge >= 0.3 is 0 Å². The Morgan fingerprint density at radius 1 is 1.27 bits per heavy atom. The van der Waals surface area contributed by atoms with E-state index in [4.69, 9.17) is 0 Å². The first-order valence-electron chi connectivity index (χ1n) is 7.73. The summed E-state index contributed by atoms with van der Waals surface area (Å²) in [6, 6.07) is 0. The highest BCUT2D eigenvalue weighted by Gasteiger charge is 2.18. The highest BCUT2D eigenvalue weighted by molar-refractivity contribution is 7.15. The summed E-state index contributed by atoms with van der Waals surface area (Å²) in [5.74, 6) is -1.41. The fourth-order valence-electron chi connectivity index (χ4n) is 2.09. The van der Waals surface area contributed by atoms with E-state index in [-0.39, 0.29) is 24.1 Å². The number of dihydropyridines is 1. The molecule has 3 heterocycles. The van der Waals surface area contributed by atoms with Crippen LogP contribution in [0.5, 0.6) is 0 Å². The van der Waals surface area contributed by atoms with Crippen molar-refractivity contribution in [1.82, 2.24) is 9.97 Å². The minimum absolute atomic E-state index is 0.133. The minimum Gasteiger partial charge on any atom is -0.302 e. The summed E-state index contributed by atoms with van der Waals surface area (Å²) in [7, 11) is 0. The van der Waals surface area contributed by atoms with E-state index in [1.165, 1.54) is 41.0 Å². The standard InChI is InChI=1S/C16H15N5O3S2/c1-9-6-18-15(26-9)20-13(23)5-3-11-8-25-16(19-11)21-14(24)10-2-4-12(22)17-7-10/h2,4,6-8,10H,3,5H2,1H3,(H,18,20,23)(H,19,21,24). The van der Waals surface area contributed by atoms with Gasteiger partial charge in [0.15, 0.2) is 10.3 Å². The molecule has 3 rings (SSSR count). The molecule has 134 valence electrons. The van der Waals surface area contributed by atoms with E-state index < -0.39 is 5.92 Å². The van der Waals surface area contributed by atoms with Crippen molar-refractivity contribution in [3.8, 4) is 0 Å². The molecule has 0 radical (unpaired) electrons. The molecule has 0 fully saturated rings. The second kappa shape index (κ2) is 8.11. The van der Waals surface area contributed by atoms with E-state index in [0.717, 1.165) is 10.6 Å². The van der Waals surface area contributed by atoms with Crippen LogP contribution in [-0.2, 0) is 20.8 Å². The van der Waals surface area contributed by atoms with Gasteiger partial charge in [0.05, 0.1) is 11.6 Å². The summed E-state index contributed by atoms with van der Waals surface area (Å²) in [6.45, 7) is 1.92. The third-order valence-electron chi connectivity index (χ3n) is 3.37. The molecule has 0 aliphatic carbocycles. The number of rotatable bonds is 6. The van der Waals surface area contributed by atoms with Crippen LogP contribution in [0.25, 0.3) is 0 Å². The van der Waals surface area contributed by atoms with Crippen molar-refractivity contribution >= 4 is 56.9 Å². The molecule has 0 saturated carbocycles. The molecule has 8 nitrogen and oxygen atoms in total. The highest BCUT2D eigenvalue weighted by Crippen LogP contribution is 2.19. The van der Waals surface area contributed by atoms with Crippen molar-refractivity contribution in [3.05, 3.63) is 34.3 Å². The normalized spacial score (nSPS) is 15.9. The molecule has 26 heavy (non-hydrogen) atoms. The third-order valence-corrected chi connectivity index (χ3v) is 5.00. The molecule has 2 N–H and O–H groups in total. The number of thiazole rings is 2. The Morgan fingerprint density at radius 3 is 2.81 bits per heavy atom. The Balaban J connectivity index is 1.47. The molecule has 1 atom stereocenters. The van der Waals surface area contributed by atoms with Crippen molar-refractivity contribution in [2.75, 3.05) is 10.6 Å². The van der Waals surface area contributed by atoms with Gasteiger partial charge in [0, 0.05) is 35.2 Å². The third kappa shape index (κ3) is 4.90. The Bertz CT molecular complexity index is 883. The number of nitrogens with one attached hydrogen (secondary N) is 2. The van der Waals surface area contributed by atoms with E-state index in [1.807, 2.05) is 6.92 Å². The summed E-state index contributed by atoms with van der Waals surface area (Å²) in [6.07, 6.45) is 6.50. The maximum absolute atomic E-state index is 12.1. The lowest BCUT2D eigenvalue weighted by molar-refractivity contribution is -0.117. The van der Waals surface area contributed by atoms with Crippen LogP contribution in [0.3, 0.4) is 0 Å². The fourth-order valence-corrected chi connectivity index (χ4v) is 3.52. The number of hydrogen-bond donors (Lipinski definition) is 2. The second-order valence-corrected chi connectivity index (χ2v) is 7.55. The number of anilines is 2. The van der Waals surface area contributed by atoms with Crippen LogP contribution in [0, 0.1) is 12.8 Å².